The van der Waals surface area contributed by atoms with Gasteiger partial charge in [-0.25, -0.2) is 4.79 Å². The van der Waals surface area contributed by atoms with Gasteiger partial charge in [-0.15, -0.1) is 0 Å². The number of hydrogen-bond donors (Lipinski definition) is 2. The van der Waals surface area contributed by atoms with Crippen LogP contribution in [0.2, 0.25) is 0 Å². The summed E-state index contributed by atoms with van der Waals surface area (Å²) in [4.78, 5) is 37.5. The van der Waals surface area contributed by atoms with Crippen LogP contribution in [0, 0.1) is 46.3 Å². The fourth-order valence-corrected chi connectivity index (χ4v) is 9.25. The molecule has 0 saturated heterocycles. The molecule has 4 fully saturated rings. The topological polar surface area (TPSA) is 98.5 Å². The minimum Gasteiger partial charge on any atom is -0.461 e. The maximum atomic E-state index is 12.8. The van der Waals surface area contributed by atoms with E-state index in [4.69, 9.17) is 10.5 Å². The summed E-state index contributed by atoms with van der Waals surface area (Å²) in [6, 6.07) is -1.29. The predicted octanol–water partition coefficient (Wildman–Crippen LogP) is 5.02. The van der Waals surface area contributed by atoms with Crippen LogP contribution in [0.25, 0.3) is 0 Å². The molecule has 4 aliphatic rings. The molecule has 0 aromatic rings. The second-order valence-electron chi connectivity index (χ2n) is 13.7. The van der Waals surface area contributed by atoms with E-state index in [-0.39, 0.29) is 29.3 Å². The van der Waals surface area contributed by atoms with Crippen molar-refractivity contribution in [2.45, 2.75) is 124 Å². The standard InChI is InChI=1S/C30H50N2O4/c1-17(2)15-26(31)27(34)32-18(3)28(35)36-21-11-13-29(5)20(16-21)7-8-22-24-10-9-23(19(4)33)30(24,6)14-12-25(22)29/h17-18,20-26H,7-16,31H2,1-6H3,(H,32,34)/t18-,20-,21+,22-,23+,24-,25-,26+,29-,30+/m0/s1. The number of carbonyl (C=O) groups excluding carboxylic acids is 3. The lowest BCUT2D eigenvalue weighted by atomic mass is 9.44. The maximum absolute atomic E-state index is 12.8. The number of rotatable bonds is 7. The van der Waals surface area contributed by atoms with Crippen LogP contribution in [0.5, 0.6) is 0 Å². The van der Waals surface area contributed by atoms with E-state index < -0.39 is 12.1 Å². The van der Waals surface area contributed by atoms with Crippen LogP contribution in [-0.4, -0.2) is 35.8 Å². The Hall–Kier alpha value is -1.43. The molecule has 0 spiro atoms. The van der Waals surface area contributed by atoms with Crippen molar-refractivity contribution in [3.05, 3.63) is 0 Å². The van der Waals surface area contributed by atoms with Crippen molar-refractivity contribution < 1.29 is 19.1 Å². The van der Waals surface area contributed by atoms with E-state index >= 15 is 0 Å². The summed E-state index contributed by atoms with van der Waals surface area (Å²) in [5.74, 6) is 3.05. The normalized spacial score (nSPS) is 41.4. The molecule has 0 aromatic carbocycles. The molecule has 6 heteroatoms. The largest absolute Gasteiger partial charge is 0.461 e. The van der Waals surface area contributed by atoms with Crippen molar-refractivity contribution in [3.63, 3.8) is 0 Å². The van der Waals surface area contributed by atoms with Gasteiger partial charge in [-0.1, -0.05) is 27.7 Å². The molecule has 4 rings (SSSR count). The van der Waals surface area contributed by atoms with Gasteiger partial charge in [-0.05, 0) is 118 Å². The fraction of sp³-hybridized carbons (Fsp3) is 0.900. The monoisotopic (exact) mass is 502 g/mol. The molecule has 204 valence electrons. The summed E-state index contributed by atoms with van der Waals surface area (Å²) in [7, 11) is 0. The van der Waals surface area contributed by atoms with Crippen molar-refractivity contribution in [1.29, 1.82) is 0 Å². The highest BCUT2D eigenvalue weighted by atomic mass is 16.5. The number of fused-ring (bicyclic) bond motifs is 5. The average Bonchev–Trinajstić information content (AvgIpc) is 3.16. The van der Waals surface area contributed by atoms with E-state index in [1.807, 2.05) is 13.8 Å². The van der Waals surface area contributed by atoms with E-state index in [2.05, 4.69) is 19.2 Å². The number of carbonyl (C=O) groups is 3. The summed E-state index contributed by atoms with van der Waals surface area (Å²) in [5.41, 5.74) is 6.47. The molecule has 0 unspecified atom stereocenters. The molecule has 6 nitrogen and oxygen atoms in total. The van der Waals surface area contributed by atoms with Crippen LogP contribution in [0.3, 0.4) is 0 Å². The molecular weight excluding hydrogens is 452 g/mol. The molecular formula is C30H50N2O4. The number of amides is 1. The Balaban J connectivity index is 1.34. The van der Waals surface area contributed by atoms with Gasteiger partial charge in [0, 0.05) is 5.92 Å². The maximum Gasteiger partial charge on any atom is 0.328 e. The zero-order chi connectivity index (χ0) is 26.4. The molecule has 4 aliphatic carbocycles. The zero-order valence-corrected chi connectivity index (χ0v) is 23.5. The molecule has 0 aliphatic heterocycles. The van der Waals surface area contributed by atoms with Gasteiger partial charge in [0.05, 0.1) is 6.04 Å². The third-order valence-corrected chi connectivity index (χ3v) is 11.2. The van der Waals surface area contributed by atoms with Crippen LogP contribution in [-0.2, 0) is 19.1 Å². The Morgan fingerprint density at radius 1 is 0.944 bits per heavy atom. The molecule has 10 atom stereocenters. The molecule has 0 aromatic heterocycles. The summed E-state index contributed by atoms with van der Waals surface area (Å²) < 4.78 is 5.94. The second kappa shape index (κ2) is 10.4. The van der Waals surface area contributed by atoms with Crippen molar-refractivity contribution in [2.24, 2.45) is 52.1 Å². The number of ether oxygens (including phenoxy) is 1. The smallest absolute Gasteiger partial charge is 0.328 e. The van der Waals surface area contributed by atoms with Crippen LogP contribution in [0.1, 0.15) is 106 Å². The first-order valence-electron chi connectivity index (χ1n) is 14.6. The lowest BCUT2D eigenvalue weighted by molar-refractivity contribution is -0.165. The van der Waals surface area contributed by atoms with Gasteiger partial charge in [-0.2, -0.15) is 0 Å². The van der Waals surface area contributed by atoms with Gasteiger partial charge >= 0.3 is 5.97 Å². The van der Waals surface area contributed by atoms with Gasteiger partial charge < -0.3 is 15.8 Å². The van der Waals surface area contributed by atoms with E-state index in [0.29, 0.717) is 35.4 Å². The molecule has 1 amide bonds. The van der Waals surface area contributed by atoms with E-state index in [0.717, 1.165) is 37.5 Å². The highest BCUT2D eigenvalue weighted by molar-refractivity contribution is 5.87. The fourth-order valence-electron chi connectivity index (χ4n) is 9.25. The summed E-state index contributed by atoms with van der Waals surface area (Å²) >= 11 is 0. The van der Waals surface area contributed by atoms with Gasteiger partial charge in [0.15, 0.2) is 0 Å². The molecule has 0 bridgehead atoms. The van der Waals surface area contributed by atoms with Crippen molar-refractivity contribution >= 4 is 17.7 Å². The average molecular weight is 503 g/mol. The molecule has 0 heterocycles. The minimum absolute atomic E-state index is 0.0711. The van der Waals surface area contributed by atoms with Crippen LogP contribution < -0.4 is 11.1 Å². The van der Waals surface area contributed by atoms with E-state index in [1.165, 1.54) is 32.1 Å². The van der Waals surface area contributed by atoms with Crippen molar-refractivity contribution in [3.8, 4) is 0 Å². The number of nitrogens with two attached hydrogens (primary N) is 1. The summed E-state index contributed by atoms with van der Waals surface area (Å²) in [6.07, 6.45) is 10.6. The lowest BCUT2D eigenvalue weighted by Gasteiger charge is -2.61. The van der Waals surface area contributed by atoms with Crippen LogP contribution in [0.4, 0.5) is 0 Å². The summed E-state index contributed by atoms with van der Waals surface area (Å²) in [6.45, 7) is 12.5. The van der Waals surface area contributed by atoms with Crippen LogP contribution in [0.15, 0.2) is 0 Å². The SMILES string of the molecule is CC(=O)[C@H]1CC[C@H]2[C@@H]3CC[C@H]4C[C@H](OC(=O)[C@H](C)NC(=O)[C@H](N)CC(C)C)CC[C@]4(C)[C@H]3CC[C@]12C. The lowest BCUT2D eigenvalue weighted by Crippen LogP contribution is -2.54. The van der Waals surface area contributed by atoms with Gasteiger partial charge in [0.1, 0.15) is 17.9 Å². The highest BCUT2D eigenvalue weighted by Crippen LogP contribution is 2.67. The third-order valence-electron chi connectivity index (χ3n) is 11.2. The Labute approximate surface area is 218 Å². The quantitative estimate of drug-likeness (QED) is 0.476. The number of ketones is 1. The Morgan fingerprint density at radius 3 is 2.28 bits per heavy atom. The van der Waals surface area contributed by atoms with Crippen LogP contribution >= 0.6 is 0 Å². The molecule has 36 heavy (non-hydrogen) atoms. The van der Waals surface area contributed by atoms with Crippen molar-refractivity contribution in [1.82, 2.24) is 5.32 Å². The van der Waals surface area contributed by atoms with Gasteiger partial charge in [0.2, 0.25) is 5.91 Å². The van der Waals surface area contributed by atoms with Crippen molar-refractivity contribution in [2.75, 3.05) is 0 Å². The summed E-state index contributed by atoms with van der Waals surface area (Å²) in [5, 5.41) is 2.75. The Morgan fingerprint density at radius 2 is 1.61 bits per heavy atom. The first-order valence-corrected chi connectivity index (χ1v) is 14.6. The molecule has 3 N–H and O–H groups in total. The Bertz CT molecular complexity index is 858. The number of Topliss-reactive ketones (excluding diaryl/α,β-unsaturated/α-hetero) is 1. The van der Waals surface area contributed by atoms with E-state index in [1.54, 1.807) is 13.8 Å². The zero-order valence-electron chi connectivity index (χ0n) is 23.5. The minimum atomic E-state index is -0.688. The number of nitrogens with one attached hydrogen (secondary N) is 1. The third kappa shape index (κ3) is 5.00. The first-order chi connectivity index (χ1) is 16.9. The molecule has 4 saturated carbocycles. The molecule has 0 radical (unpaired) electrons. The van der Waals surface area contributed by atoms with Gasteiger partial charge in [0.25, 0.3) is 0 Å². The number of esters is 1. The first kappa shape index (κ1) is 27.6. The highest BCUT2D eigenvalue weighted by Gasteiger charge is 2.61. The van der Waals surface area contributed by atoms with E-state index in [9.17, 15) is 14.4 Å². The number of hydrogen-bond acceptors (Lipinski definition) is 5. The Kier molecular flexibility index (Phi) is 7.96. The predicted molar refractivity (Wildman–Crippen MR) is 141 cm³/mol. The second-order valence-corrected chi connectivity index (χ2v) is 13.7. The van der Waals surface area contributed by atoms with Gasteiger partial charge in [-0.3, -0.25) is 9.59 Å².